The van der Waals surface area contributed by atoms with Gasteiger partial charge in [0.1, 0.15) is 11.4 Å². The van der Waals surface area contributed by atoms with E-state index < -0.39 is 0 Å². The molecule has 2 amide bonds. The average molecular weight is 381 g/mol. The molecule has 2 N–H and O–H groups in total. The second-order valence-electron chi connectivity index (χ2n) is 7.10. The molecule has 1 aromatic carbocycles. The lowest BCUT2D eigenvalue weighted by Gasteiger charge is -2.22. The molecule has 0 saturated heterocycles. The lowest BCUT2D eigenvalue weighted by atomic mass is 9.95. The van der Waals surface area contributed by atoms with Crippen LogP contribution >= 0.6 is 0 Å². The van der Waals surface area contributed by atoms with Crippen LogP contribution < -0.4 is 15.4 Å². The third-order valence-corrected chi connectivity index (χ3v) is 5.03. The van der Waals surface area contributed by atoms with Crippen LogP contribution in [0.4, 0.5) is 0 Å². The van der Waals surface area contributed by atoms with Crippen LogP contribution in [0.2, 0.25) is 0 Å². The van der Waals surface area contributed by atoms with Crippen molar-refractivity contribution in [3.63, 3.8) is 0 Å². The third-order valence-electron chi connectivity index (χ3n) is 5.03. The molecule has 2 aromatic rings. The monoisotopic (exact) mass is 381 g/mol. The van der Waals surface area contributed by atoms with E-state index in [2.05, 4.69) is 15.6 Å². The van der Waals surface area contributed by atoms with Gasteiger partial charge in [-0.1, -0.05) is 31.4 Å². The van der Waals surface area contributed by atoms with Crippen LogP contribution in [-0.4, -0.2) is 36.5 Å². The number of aromatic nitrogens is 1. The summed E-state index contributed by atoms with van der Waals surface area (Å²) in [5.41, 5.74) is 1.80. The number of carbonyl (C=O) groups excluding carboxylic acids is 2. The Kier molecular flexibility index (Phi) is 7.00. The van der Waals surface area contributed by atoms with Gasteiger partial charge in [-0.3, -0.25) is 14.6 Å². The highest BCUT2D eigenvalue weighted by Crippen LogP contribution is 2.18. The van der Waals surface area contributed by atoms with Gasteiger partial charge in [-0.15, -0.1) is 0 Å². The average Bonchev–Trinajstić information content (AvgIpc) is 2.74. The number of benzene rings is 1. The highest BCUT2D eigenvalue weighted by atomic mass is 16.5. The molecule has 0 unspecified atom stereocenters. The van der Waals surface area contributed by atoms with Crippen molar-refractivity contribution in [2.24, 2.45) is 0 Å². The molecule has 0 spiro atoms. The zero-order chi connectivity index (χ0) is 19.8. The number of nitrogens with zero attached hydrogens (tertiary/aromatic N) is 1. The van der Waals surface area contributed by atoms with Gasteiger partial charge in [0.2, 0.25) is 0 Å². The number of ether oxygens (including phenoxy) is 1. The second kappa shape index (κ2) is 9.88. The van der Waals surface area contributed by atoms with Crippen LogP contribution in [0, 0.1) is 0 Å². The summed E-state index contributed by atoms with van der Waals surface area (Å²) in [5.74, 6) is 0.372. The maximum absolute atomic E-state index is 12.5. The quantitative estimate of drug-likeness (QED) is 0.772. The minimum atomic E-state index is -0.282. The Bertz CT molecular complexity index is 816. The molecule has 1 aliphatic carbocycles. The zero-order valence-corrected chi connectivity index (χ0v) is 16.2. The van der Waals surface area contributed by atoms with E-state index in [4.69, 9.17) is 4.74 Å². The maximum Gasteiger partial charge on any atom is 0.269 e. The lowest BCUT2D eigenvalue weighted by molar-refractivity contribution is 0.0927. The Morgan fingerprint density at radius 2 is 1.93 bits per heavy atom. The van der Waals surface area contributed by atoms with E-state index in [1.54, 1.807) is 19.2 Å². The lowest BCUT2D eigenvalue weighted by Crippen LogP contribution is -2.36. The van der Waals surface area contributed by atoms with Gasteiger partial charge < -0.3 is 15.4 Å². The fourth-order valence-electron chi connectivity index (χ4n) is 3.45. The molecule has 0 bridgehead atoms. The number of pyridine rings is 1. The first-order valence-corrected chi connectivity index (χ1v) is 9.84. The fraction of sp³-hybridized carbons (Fsp3) is 0.409. The largest absolute Gasteiger partial charge is 0.497 e. The summed E-state index contributed by atoms with van der Waals surface area (Å²) in [6.07, 6.45) is 7.78. The van der Waals surface area contributed by atoms with Gasteiger partial charge in [0, 0.05) is 24.3 Å². The number of nitrogens with one attached hydrogen (secondary N) is 2. The summed E-state index contributed by atoms with van der Waals surface area (Å²) in [7, 11) is 1.63. The molecule has 6 nitrogen and oxygen atoms in total. The van der Waals surface area contributed by atoms with Crippen molar-refractivity contribution in [1.29, 1.82) is 0 Å². The van der Waals surface area contributed by atoms with Crippen LogP contribution in [0.15, 0.2) is 42.6 Å². The maximum atomic E-state index is 12.5. The predicted molar refractivity (Wildman–Crippen MR) is 108 cm³/mol. The Morgan fingerprint density at radius 3 is 2.71 bits per heavy atom. The predicted octanol–water partition coefficient (Wildman–Crippen LogP) is 3.13. The number of hydrogen-bond donors (Lipinski definition) is 2. The molecule has 1 aromatic heterocycles. The van der Waals surface area contributed by atoms with Crippen molar-refractivity contribution >= 4 is 11.8 Å². The van der Waals surface area contributed by atoms with Gasteiger partial charge >= 0.3 is 0 Å². The second-order valence-corrected chi connectivity index (χ2v) is 7.10. The smallest absolute Gasteiger partial charge is 0.269 e. The molecule has 1 fully saturated rings. The molecular formula is C22H27N3O3. The minimum Gasteiger partial charge on any atom is -0.497 e. The summed E-state index contributed by atoms with van der Waals surface area (Å²) in [4.78, 5) is 29.0. The van der Waals surface area contributed by atoms with Gasteiger partial charge in [-0.2, -0.15) is 0 Å². The van der Waals surface area contributed by atoms with Crippen LogP contribution in [0.25, 0.3) is 0 Å². The van der Waals surface area contributed by atoms with Gasteiger partial charge in [-0.05, 0) is 49.1 Å². The van der Waals surface area contributed by atoms with E-state index in [9.17, 15) is 9.59 Å². The number of rotatable bonds is 7. The topological polar surface area (TPSA) is 80.3 Å². The van der Waals surface area contributed by atoms with E-state index in [-0.39, 0.29) is 23.6 Å². The molecule has 1 heterocycles. The van der Waals surface area contributed by atoms with Crippen LogP contribution in [0.1, 0.15) is 58.5 Å². The van der Waals surface area contributed by atoms with Gasteiger partial charge in [0.05, 0.1) is 7.11 Å². The summed E-state index contributed by atoms with van der Waals surface area (Å²) in [6.45, 7) is 0.478. The molecule has 28 heavy (non-hydrogen) atoms. The van der Waals surface area contributed by atoms with Crippen molar-refractivity contribution in [3.8, 4) is 5.75 Å². The number of hydrogen-bond acceptors (Lipinski definition) is 4. The first-order valence-electron chi connectivity index (χ1n) is 9.84. The van der Waals surface area contributed by atoms with Gasteiger partial charge in [0.25, 0.3) is 11.8 Å². The van der Waals surface area contributed by atoms with Crippen molar-refractivity contribution < 1.29 is 14.3 Å². The van der Waals surface area contributed by atoms with Crippen molar-refractivity contribution in [3.05, 3.63) is 59.4 Å². The van der Waals surface area contributed by atoms with Crippen LogP contribution in [-0.2, 0) is 6.42 Å². The molecule has 1 saturated carbocycles. The van der Waals surface area contributed by atoms with E-state index in [0.717, 1.165) is 37.0 Å². The molecule has 3 rings (SSSR count). The van der Waals surface area contributed by atoms with E-state index >= 15 is 0 Å². The third kappa shape index (κ3) is 5.55. The van der Waals surface area contributed by atoms with Gasteiger partial charge in [0.15, 0.2) is 0 Å². The zero-order valence-electron chi connectivity index (χ0n) is 16.2. The highest BCUT2D eigenvalue weighted by molar-refractivity contribution is 5.98. The number of carbonyl (C=O) groups is 2. The molecule has 0 atom stereocenters. The number of methoxy groups -OCH3 is 1. The minimum absolute atomic E-state index is 0.139. The molecule has 0 radical (unpaired) electrons. The number of amides is 2. The molecule has 6 heteroatoms. The summed E-state index contributed by atoms with van der Waals surface area (Å²) in [6, 6.07) is 11.2. The fourth-order valence-corrected chi connectivity index (χ4v) is 3.45. The van der Waals surface area contributed by atoms with E-state index in [0.29, 0.717) is 18.5 Å². The summed E-state index contributed by atoms with van der Waals surface area (Å²) in [5, 5.41) is 5.92. The van der Waals surface area contributed by atoms with Crippen molar-refractivity contribution in [2.45, 2.75) is 44.6 Å². The van der Waals surface area contributed by atoms with Gasteiger partial charge in [-0.25, -0.2) is 0 Å². The normalized spacial score (nSPS) is 14.3. The van der Waals surface area contributed by atoms with Crippen molar-refractivity contribution in [1.82, 2.24) is 15.6 Å². The standard InChI is InChI=1S/C22H27N3O3/c1-28-19-9-5-6-16(14-19)10-12-24-22(27)20-15-17(11-13-23-20)21(26)25-18-7-3-2-4-8-18/h5-6,9,11,13-15,18H,2-4,7-8,10,12H2,1H3,(H,24,27)(H,25,26). The molecule has 148 valence electrons. The van der Waals surface area contributed by atoms with E-state index in [1.807, 2.05) is 24.3 Å². The first kappa shape index (κ1) is 19.9. The Hall–Kier alpha value is -2.89. The molecule has 1 aliphatic rings. The Balaban J connectivity index is 1.53. The van der Waals surface area contributed by atoms with Crippen LogP contribution in [0.5, 0.6) is 5.75 Å². The SMILES string of the molecule is COc1cccc(CCNC(=O)c2cc(C(=O)NC3CCCCC3)ccn2)c1. The Morgan fingerprint density at radius 1 is 1.11 bits per heavy atom. The summed E-state index contributed by atoms with van der Waals surface area (Å²) >= 11 is 0. The molecular weight excluding hydrogens is 354 g/mol. The highest BCUT2D eigenvalue weighted by Gasteiger charge is 2.18. The Labute approximate surface area is 165 Å². The summed E-state index contributed by atoms with van der Waals surface area (Å²) < 4.78 is 5.21. The first-order chi connectivity index (χ1) is 13.7. The van der Waals surface area contributed by atoms with Crippen molar-refractivity contribution in [2.75, 3.05) is 13.7 Å². The van der Waals surface area contributed by atoms with E-state index in [1.165, 1.54) is 12.6 Å². The van der Waals surface area contributed by atoms with Crippen LogP contribution in [0.3, 0.4) is 0 Å². The molecule has 0 aliphatic heterocycles.